The lowest BCUT2D eigenvalue weighted by Gasteiger charge is -2.11. The van der Waals surface area contributed by atoms with Crippen LogP contribution in [-0.2, 0) is 0 Å². The quantitative estimate of drug-likeness (QED) is 0.171. The van der Waals surface area contributed by atoms with Gasteiger partial charge in [0.15, 0.2) is 11.2 Å². The molecule has 2 heterocycles. The fraction of sp³-hybridized carbons (Fsp3) is 0. The SMILES string of the molecule is c1ccc(-c2cc(-c3ccccc3)cc(-c3cccc4c3oc3c4ccc4c5cccc(-c6cc(-c7ccccc7)cc(-c7ccccc7)c6)c5oc43)c2)cc1. The molecule has 0 atom stereocenters. The van der Waals surface area contributed by atoms with Crippen molar-refractivity contribution in [1.29, 1.82) is 0 Å². The van der Waals surface area contributed by atoms with E-state index >= 15 is 0 Å². The molecule has 0 bridgehead atoms. The van der Waals surface area contributed by atoms with Gasteiger partial charge < -0.3 is 8.83 Å². The monoisotopic (exact) mass is 714 g/mol. The summed E-state index contributed by atoms with van der Waals surface area (Å²) in [5.41, 5.74) is 16.9. The second-order valence-corrected chi connectivity index (χ2v) is 14.4. The molecule has 0 unspecified atom stereocenters. The van der Waals surface area contributed by atoms with Gasteiger partial charge in [0.1, 0.15) is 11.2 Å². The average Bonchev–Trinajstić information content (AvgIpc) is 3.86. The fourth-order valence-corrected chi connectivity index (χ4v) is 8.32. The van der Waals surface area contributed by atoms with Crippen molar-refractivity contribution in [3.8, 4) is 66.8 Å². The molecule has 11 aromatic rings. The standard InChI is InChI=1S/C54H34O2/c1-5-15-35(16-6-1)39-29-40(36-17-7-2-8-18-36)32-43(31-39)45-23-13-25-47-49-27-28-50-48-26-14-24-46(52(48)56-54(50)53(49)55-51(45)47)44-33-41(37-19-9-3-10-20-37)30-42(34-44)38-21-11-4-12-22-38/h1-34H. The summed E-state index contributed by atoms with van der Waals surface area (Å²) in [6, 6.07) is 73.3. The van der Waals surface area contributed by atoms with Crippen LogP contribution >= 0.6 is 0 Å². The maximum absolute atomic E-state index is 6.98. The highest BCUT2D eigenvalue weighted by Crippen LogP contribution is 2.45. The Bertz CT molecular complexity index is 2870. The van der Waals surface area contributed by atoms with Crippen LogP contribution in [0.25, 0.3) is 111 Å². The molecule has 0 saturated carbocycles. The predicted octanol–water partition coefficient (Wildman–Crippen LogP) is 15.5. The first-order valence-electron chi connectivity index (χ1n) is 19.1. The van der Waals surface area contributed by atoms with E-state index in [9.17, 15) is 0 Å². The molecule has 0 fully saturated rings. The van der Waals surface area contributed by atoms with Crippen LogP contribution in [0.4, 0.5) is 0 Å². The predicted molar refractivity (Wildman–Crippen MR) is 234 cm³/mol. The maximum atomic E-state index is 6.98. The lowest BCUT2D eigenvalue weighted by atomic mass is 9.92. The number of hydrogen-bond acceptors (Lipinski definition) is 2. The van der Waals surface area contributed by atoms with Crippen molar-refractivity contribution < 1.29 is 8.83 Å². The Labute approximate surface area is 324 Å². The van der Waals surface area contributed by atoms with E-state index in [0.29, 0.717) is 0 Å². The molecule has 0 N–H and O–H groups in total. The van der Waals surface area contributed by atoms with Gasteiger partial charge in [-0.15, -0.1) is 0 Å². The second-order valence-electron chi connectivity index (χ2n) is 14.4. The first kappa shape index (κ1) is 32.0. The van der Waals surface area contributed by atoms with Gasteiger partial charge in [-0.1, -0.05) is 158 Å². The van der Waals surface area contributed by atoms with Gasteiger partial charge in [0, 0.05) is 32.7 Å². The van der Waals surface area contributed by atoms with Crippen LogP contribution in [0.3, 0.4) is 0 Å². The van der Waals surface area contributed by atoms with E-state index in [1.165, 1.54) is 22.3 Å². The summed E-state index contributed by atoms with van der Waals surface area (Å²) in [5.74, 6) is 0. The summed E-state index contributed by atoms with van der Waals surface area (Å²) >= 11 is 0. The molecule has 11 rings (SSSR count). The molecule has 0 spiro atoms. The fourth-order valence-electron chi connectivity index (χ4n) is 8.32. The van der Waals surface area contributed by atoms with E-state index in [1.54, 1.807) is 0 Å². The zero-order chi connectivity index (χ0) is 37.0. The zero-order valence-corrected chi connectivity index (χ0v) is 30.4. The minimum atomic E-state index is 0.762. The Hall–Kier alpha value is -7.42. The van der Waals surface area contributed by atoms with Crippen LogP contribution in [0.1, 0.15) is 0 Å². The Balaban J connectivity index is 1.11. The summed E-state index contributed by atoms with van der Waals surface area (Å²) in [7, 11) is 0. The second kappa shape index (κ2) is 13.2. The third-order valence-electron chi connectivity index (χ3n) is 11.0. The molecule has 0 aliphatic rings. The van der Waals surface area contributed by atoms with Gasteiger partial charge in [-0.05, 0) is 104 Å². The van der Waals surface area contributed by atoms with Gasteiger partial charge in [0.05, 0.1) is 0 Å². The van der Waals surface area contributed by atoms with E-state index in [0.717, 1.165) is 88.4 Å². The Morgan fingerprint density at radius 3 is 0.804 bits per heavy atom. The lowest BCUT2D eigenvalue weighted by Crippen LogP contribution is -1.86. The number of hydrogen-bond donors (Lipinski definition) is 0. The highest BCUT2D eigenvalue weighted by molar-refractivity contribution is 6.21. The third-order valence-corrected chi connectivity index (χ3v) is 11.0. The largest absolute Gasteiger partial charge is 0.451 e. The summed E-state index contributed by atoms with van der Waals surface area (Å²) in [4.78, 5) is 0. The van der Waals surface area contributed by atoms with Crippen molar-refractivity contribution in [2.75, 3.05) is 0 Å². The van der Waals surface area contributed by atoms with E-state index in [2.05, 4.69) is 206 Å². The lowest BCUT2D eigenvalue weighted by molar-refractivity contribution is 0.634. The number of fused-ring (bicyclic) bond motifs is 7. The van der Waals surface area contributed by atoms with Crippen molar-refractivity contribution in [2.24, 2.45) is 0 Å². The van der Waals surface area contributed by atoms with E-state index in [4.69, 9.17) is 8.83 Å². The summed E-state index contributed by atoms with van der Waals surface area (Å²) < 4.78 is 14.0. The van der Waals surface area contributed by atoms with Crippen molar-refractivity contribution in [3.05, 3.63) is 206 Å². The molecule has 0 saturated heterocycles. The molecule has 0 amide bonds. The van der Waals surface area contributed by atoms with Crippen LogP contribution < -0.4 is 0 Å². The minimum Gasteiger partial charge on any atom is -0.451 e. The van der Waals surface area contributed by atoms with Gasteiger partial charge >= 0.3 is 0 Å². The molecule has 2 heteroatoms. The topological polar surface area (TPSA) is 26.3 Å². The first-order valence-corrected chi connectivity index (χ1v) is 19.1. The van der Waals surface area contributed by atoms with Gasteiger partial charge in [-0.2, -0.15) is 0 Å². The highest BCUT2D eigenvalue weighted by atomic mass is 16.4. The molecule has 0 aliphatic carbocycles. The molecule has 56 heavy (non-hydrogen) atoms. The van der Waals surface area contributed by atoms with Crippen LogP contribution in [0.2, 0.25) is 0 Å². The number of benzene rings is 9. The van der Waals surface area contributed by atoms with E-state index in [-0.39, 0.29) is 0 Å². The van der Waals surface area contributed by atoms with Gasteiger partial charge in [0.25, 0.3) is 0 Å². The normalized spacial score (nSPS) is 11.6. The maximum Gasteiger partial charge on any atom is 0.178 e. The molecular weight excluding hydrogens is 681 g/mol. The number of furan rings is 2. The van der Waals surface area contributed by atoms with Gasteiger partial charge in [-0.25, -0.2) is 0 Å². The molecular formula is C54H34O2. The smallest absolute Gasteiger partial charge is 0.178 e. The highest BCUT2D eigenvalue weighted by Gasteiger charge is 2.21. The third kappa shape index (κ3) is 5.42. The van der Waals surface area contributed by atoms with E-state index in [1.807, 2.05) is 0 Å². The zero-order valence-electron chi connectivity index (χ0n) is 30.4. The Morgan fingerprint density at radius 1 is 0.196 bits per heavy atom. The number of rotatable bonds is 6. The van der Waals surface area contributed by atoms with Crippen molar-refractivity contribution >= 4 is 43.9 Å². The number of para-hydroxylation sites is 2. The van der Waals surface area contributed by atoms with E-state index < -0.39 is 0 Å². The molecule has 2 nitrogen and oxygen atoms in total. The Kier molecular flexibility index (Phi) is 7.53. The van der Waals surface area contributed by atoms with Crippen LogP contribution in [0.5, 0.6) is 0 Å². The van der Waals surface area contributed by atoms with Crippen LogP contribution in [-0.4, -0.2) is 0 Å². The summed E-state index contributed by atoms with van der Waals surface area (Å²) in [6.07, 6.45) is 0. The molecule has 2 aromatic heterocycles. The van der Waals surface area contributed by atoms with Crippen molar-refractivity contribution in [3.63, 3.8) is 0 Å². The van der Waals surface area contributed by atoms with Crippen molar-refractivity contribution in [1.82, 2.24) is 0 Å². The minimum absolute atomic E-state index is 0.762. The summed E-state index contributed by atoms with van der Waals surface area (Å²) in [5, 5.41) is 4.20. The molecule has 262 valence electrons. The molecule has 0 radical (unpaired) electrons. The van der Waals surface area contributed by atoms with Crippen molar-refractivity contribution in [2.45, 2.75) is 0 Å². The van der Waals surface area contributed by atoms with Crippen LogP contribution in [0.15, 0.2) is 215 Å². The molecule has 0 aliphatic heterocycles. The van der Waals surface area contributed by atoms with Gasteiger partial charge in [-0.3, -0.25) is 0 Å². The van der Waals surface area contributed by atoms with Gasteiger partial charge in [0.2, 0.25) is 0 Å². The average molecular weight is 715 g/mol. The molecule has 9 aromatic carbocycles. The first-order chi connectivity index (χ1) is 27.7. The summed E-state index contributed by atoms with van der Waals surface area (Å²) in [6.45, 7) is 0. The van der Waals surface area contributed by atoms with Crippen LogP contribution in [0, 0.1) is 0 Å². The Morgan fingerprint density at radius 2 is 0.482 bits per heavy atom.